The average molecular weight is 432 g/mol. The number of rotatable bonds is 7. The molecule has 1 atom stereocenters. The van der Waals surface area contributed by atoms with Crippen LogP contribution in [0, 0.1) is 0 Å². The van der Waals surface area contributed by atoms with Gasteiger partial charge in [-0.05, 0) is 36.8 Å². The highest BCUT2D eigenvalue weighted by atomic mass is 16.6. The monoisotopic (exact) mass is 432 g/mol. The zero-order chi connectivity index (χ0) is 22.3. The van der Waals surface area contributed by atoms with E-state index in [1.165, 1.54) is 0 Å². The zero-order valence-electron chi connectivity index (χ0n) is 17.7. The fourth-order valence-corrected chi connectivity index (χ4v) is 3.24. The number of anilines is 1. The largest absolute Gasteiger partial charge is 0.486 e. The molecular weight excluding hydrogens is 408 g/mol. The van der Waals surface area contributed by atoms with E-state index >= 15 is 0 Å². The summed E-state index contributed by atoms with van der Waals surface area (Å²) in [4.78, 5) is 25.4. The smallest absolute Gasteiger partial charge is 0.265 e. The lowest BCUT2D eigenvalue weighted by Gasteiger charge is -2.20. The molecule has 0 radical (unpaired) electrons. The quantitative estimate of drug-likeness (QED) is 0.593. The van der Waals surface area contributed by atoms with E-state index in [2.05, 4.69) is 10.6 Å². The van der Waals surface area contributed by atoms with Crippen molar-refractivity contribution in [3.05, 3.63) is 83.9 Å². The molecule has 164 valence electrons. The van der Waals surface area contributed by atoms with Crippen molar-refractivity contribution in [3.63, 3.8) is 0 Å². The third kappa shape index (κ3) is 5.18. The van der Waals surface area contributed by atoms with E-state index in [1.807, 2.05) is 30.3 Å². The molecule has 1 aliphatic heterocycles. The molecule has 0 fully saturated rings. The van der Waals surface area contributed by atoms with Crippen molar-refractivity contribution < 1.29 is 23.8 Å². The van der Waals surface area contributed by atoms with Crippen LogP contribution in [0.1, 0.15) is 22.8 Å². The maximum Gasteiger partial charge on any atom is 0.265 e. The van der Waals surface area contributed by atoms with Crippen LogP contribution in [-0.4, -0.2) is 31.1 Å². The molecule has 2 amide bonds. The van der Waals surface area contributed by atoms with Crippen molar-refractivity contribution >= 4 is 17.5 Å². The van der Waals surface area contributed by atoms with Gasteiger partial charge in [0.1, 0.15) is 19.0 Å². The van der Waals surface area contributed by atoms with Crippen LogP contribution in [0.5, 0.6) is 17.2 Å². The molecule has 7 nitrogen and oxygen atoms in total. The van der Waals surface area contributed by atoms with Gasteiger partial charge in [-0.15, -0.1) is 0 Å². The van der Waals surface area contributed by atoms with E-state index in [1.54, 1.807) is 49.4 Å². The fraction of sp³-hybridized carbons (Fsp3) is 0.200. The molecule has 1 heterocycles. The second-order valence-corrected chi connectivity index (χ2v) is 7.27. The van der Waals surface area contributed by atoms with E-state index in [-0.39, 0.29) is 11.8 Å². The van der Waals surface area contributed by atoms with E-state index in [9.17, 15) is 9.59 Å². The van der Waals surface area contributed by atoms with Crippen LogP contribution >= 0.6 is 0 Å². The Labute approximate surface area is 186 Å². The lowest BCUT2D eigenvalue weighted by atomic mass is 10.1. The Morgan fingerprint density at radius 3 is 2.47 bits per heavy atom. The summed E-state index contributed by atoms with van der Waals surface area (Å²) in [6.07, 6.45) is -0.828. The first-order valence-corrected chi connectivity index (χ1v) is 10.4. The second kappa shape index (κ2) is 9.87. The number of amides is 2. The summed E-state index contributed by atoms with van der Waals surface area (Å²) in [5, 5.41) is 5.69. The van der Waals surface area contributed by atoms with E-state index in [4.69, 9.17) is 14.2 Å². The highest BCUT2D eigenvalue weighted by molar-refractivity contribution is 5.97. The summed E-state index contributed by atoms with van der Waals surface area (Å²) in [5.41, 5.74) is 1.93. The second-order valence-electron chi connectivity index (χ2n) is 7.27. The van der Waals surface area contributed by atoms with Gasteiger partial charge < -0.3 is 24.8 Å². The number of para-hydroxylation sites is 1. The van der Waals surface area contributed by atoms with Gasteiger partial charge in [0, 0.05) is 18.3 Å². The molecule has 0 spiro atoms. The van der Waals surface area contributed by atoms with Crippen molar-refractivity contribution in [2.45, 2.75) is 19.6 Å². The highest BCUT2D eigenvalue weighted by Gasteiger charge is 2.20. The van der Waals surface area contributed by atoms with Gasteiger partial charge in [-0.3, -0.25) is 9.59 Å². The average Bonchev–Trinajstić information content (AvgIpc) is 2.83. The van der Waals surface area contributed by atoms with Crippen LogP contribution in [0.25, 0.3) is 0 Å². The summed E-state index contributed by atoms with van der Waals surface area (Å²) in [6, 6.07) is 21.7. The lowest BCUT2D eigenvalue weighted by molar-refractivity contribution is -0.122. The van der Waals surface area contributed by atoms with Crippen LogP contribution in [0.4, 0.5) is 5.69 Å². The molecule has 3 aromatic rings. The third-order valence-electron chi connectivity index (χ3n) is 4.91. The Kier molecular flexibility index (Phi) is 6.55. The molecule has 0 aromatic heterocycles. The lowest BCUT2D eigenvalue weighted by Crippen LogP contribution is -2.31. The molecule has 2 N–H and O–H groups in total. The predicted octanol–water partition coefficient (Wildman–Crippen LogP) is 3.79. The summed E-state index contributed by atoms with van der Waals surface area (Å²) < 4.78 is 16.9. The van der Waals surface area contributed by atoms with E-state index in [0.29, 0.717) is 48.3 Å². The number of carbonyl (C=O) groups excluding carboxylic acids is 2. The minimum absolute atomic E-state index is 0.274. The van der Waals surface area contributed by atoms with E-state index < -0.39 is 6.10 Å². The van der Waals surface area contributed by atoms with Gasteiger partial charge in [0.2, 0.25) is 0 Å². The molecule has 4 rings (SSSR count). The number of hydrogen-bond acceptors (Lipinski definition) is 5. The van der Waals surface area contributed by atoms with Crippen LogP contribution < -0.4 is 24.8 Å². The van der Waals surface area contributed by atoms with Crippen molar-refractivity contribution in [1.29, 1.82) is 0 Å². The number of hydrogen-bond donors (Lipinski definition) is 2. The molecule has 3 aromatic carbocycles. The topological polar surface area (TPSA) is 85.9 Å². The van der Waals surface area contributed by atoms with Gasteiger partial charge in [-0.25, -0.2) is 0 Å². The Balaban J connectivity index is 1.39. The minimum atomic E-state index is -0.828. The first kappa shape index (κ1) is 21.2. The third-order valence-corrected chi connectivity index (χ3v) is 4.91. The number of fused-ring (bicyclic) bond motifs is 1. The molecular formula is C25H24N2O5. The molecule has 0 bridgehead atoms. The SMILES string of the molecule is CC(Oc1ccccc1C(=O)NCc1ccccc1)C(=O)Nc1ccc2c(c1)OCCO2. The molecule has 1 aliphatic rings. The molecule has 32 heavy (non-hydrogen) atoms. The summed E-state index contributed by atoms with van der Waals surface area (Å²) in [7, 11) is 0. The van der Waals surface area contributed by atoms with Gasteiger partial charge >= 0.3 is 0 Å². The Morgan fingerprint density at radius 2 is 1.66 bits per heavy atom. The molecule has 0 aliphatic carbocycles. The Hall–Kier alpha value is -4.00. The standard InChI is InChI=1S/C25H24N2O5/c1-17(24(28)27-19-11-12-22-23(15-19)31-14-13-30-22)32-21-10-6-5-9-20(21)25(29)26-16-18-7-3-2-4-8-18/h2-12,15,17H,13-14,16H2,1H3,(H,26,29)(H,27,28). The van der Waals surface area contributed by atoms with Gasteiger partial charge in [-0.2, -0.15) is 0 Å². The number of carbonyl (C=O) groups is 2. The van der Waals surface area contributed by atoms with Gasteiger partial charge in [0.15, 0.2) is 17.6 Å². The predicted molar refractivity (Wildman–Crippen MR) is 120 cm³/mol. The first-order valence-electron chi connectivity index (χ1n) is 10.4. The zero-order valence-corrected chi connectivity index (χ0v) is 17.7. The van der Waals surface area contributed by atoms with Crippen LogP contribution in [0.3, 0.4) is 0 Å². The van der Waals surface area contributed by atoms with Crippen molar-refractivity contribution in [1.82, 2.24) is 5.32 Å². The first-order chi connectivity index (χ1) is 15.6. The summed E-state index contributed by atoms with van der Waals surface area (Å²) in [5.74, 6) is 0.949. The van der Waals surface area contributed by atoms with Crippen molar-refractivity contribution in [2.75, 3.05) is 18.5 Å². The maximum absolute atomic E-state index is 12.7. The van der Waals surface area contributed by atoms with Gasteiger partial charge in [0.25, 0.3) is 11.8 Å². The number of nitrogens with one attached hydrogen (secondary N) is 2. The van der Waals surface area contributed by atoms with Crippen LogP contribution in [-0.2, 0) is 11.3 Å². The Bertz CT molecular complexity index is 1100. The Morgan fingerprint density at radius 1 is 0.938 bits per heavy atom. The molecule has 7 heteroatoms. The normalized spacial score (nSPS) is 13.0. The number of benzene rings is 3. The summed E-state index contributed by atoms with van der Waals surface area (Å²) >= 11 is 0. The summed E-state index contributed by atoms with van der Waals surface area (Å²) in [6.45, 7) is 3.00. The van der Waals surface area contributed by atoms with Crippen molar-refractivity contribution in [3.8, 4) is 17.2 Å². The molecule has 0 saturated heterocycles. The molecule has 0 saturated carbocycles. The molecule has 1 unspecified atom stereocenters. The number of ether oxygens (including phenoxy) is 3. The van der Waals surface area contributed by atoms with Crippen LogP contribution in [0.2, 0.25) is 0 Å². The van der Waals surface area contributed by atoms with E-state index in [0.717, 1.165) is 5.56 Å². The highest BCUT2D eigenvalue weighted by Crippen LogP contribution is 2.32. The fourth-order valence-electron chi connectivity index (χ4n) is 3.24. The van der Waals surface area contributed by atoms with Gasteiger partial charge in [-0.1, -0.05) is 42.5 Å². The van der Waals surface area contributed by atoms with Crippen LogP contribution in [0.15, 0.2) is 72.8 Å². The van der Waals surface area contributed by atoms with Crippen molar-refractivity contribution in [2.24, 2.45) is 0 Å². The maximum atomic E-state index is 12.7. The van der Waals surface area contributed by atoms with Gasteiger partial charge in [0.05, 0.1) is 5.56 Å². The minimum Gasteiger partial charge on any atom is -0.486 e.